The summed E-state index contributed by atoms with van der Waals surface area (Å²) < 4.78 is 44.2. The third-order valence-corrected chi connectivity index (χ3v) is 6.40. The van der Waals surface area contributed by atoms with Gasteiger partial charge in [-0.25, -0.2) is 4.98 Å². The van der Waals surface area contributed by atoms with Crippen LogP contribution in [0.15, 0.2) is 48.7 Å². The number of alkyl halides is 3. The van der Waals surface area contributed by atoms with Crippen LogP contribution in [0, 0.1) is 0 Å². The van der Waals surface area contributed by atoms with Crippen LogP contribution in [0.25, 0.3) is 0 Å². The third-order valence-electron chi connectivity index (χ3n) is 5.17. The van der Waals surface area contributed by atoms with E-state index in [2.05, 4.69) is 20.5 Å². The minimum Gasteiger partial charge on any atom is -0.379 e. The van der Waals surface area contributed by atoms with E-state index in [1.807, 2.05) is 0 Å². The van der Waals surface area contributed by atoms with E-state index in [9.17, 15) is 22.8 Å². The second-order valence-electron chi connectivity index (χ2n) is 7.69. The van der Waals surface area contributed by atoms with E-state index in [0.29, 0.717) is 24.8 Å². The number of amides is 2. The quantitative estimate of drug-likeness (QED) is 0.466. The molecule has 0 saturated carbocycles. The molecule has 184 valence electrons. The topological polar surface area (TPSA) is 83.6 Å². The molecule has 2 N–H and O–H groups in total. The maximum Gasteiger partial charge on any atom is 0.416 e. The summed E-state index contributed by atoms with van der Waals surface area (Å²) in [5, 5.41) is 6.78. The summed E-state index contributed by atoms with van der Waals surface area (Å²) in [5.74, 6) is -1.26. The second-order valence-corrected chi connectivity index (χ2v) is 9.21. The first kappa shape index (κ1) is 25.1. The number of hydrogen-bond donors (Lipinski definition) is 2. The van der Waals surface area contributed by atoms with Crippen LogP contribution in [0.3, 0.4) is 0 Å². The Morgan fingerprint density at radius 2 is 1.86 bits per heavy atom. The lowest BCUT2D eigenvalue weighted by Crippen LogP contribution is -2.35. The van der Waals surface area contributed by atoms with Gasteiger partial charge in [0.1, 0.15) is 10.0 Å². The van der Waals surface area contributed by atoms with Crippen LogP contribution in [-0.2, 0) is 17.5 Å². The molecular formula is C23H20ClF3N4O3S. The summed E-state index contributed by atoms with van der Waals surface area (Å²) in [4.78, 5) is 31.9. The van der Waals surface area contributed by atoms with Crippen LogP contribution in [0.2, 0.25) is 5.02 Å². The van der Waals surface area contributed by atoms with Crippen LogP contribution < -0.4 is 10.6 Å². The predicted octanol–water partition coefficient (Wildman–Crippen LogP) is 5.15. The zero-order chi connectivity index (χ0) is 25.0. The molecule has 0 bridgehead atoms. The van der Waals surface area contributed by atoms with E-state index in [-0.39, 0.29) is 21.8 Å². The Bertz CT molecular complexity index is 1230. The van der Waals surface area contributed by atoms with Gasteiger partial charge in [-0.05, 0) is 36.4 Å². The fourth-order valence-electron chi connectivity index (χ4n) is 3.39. The lowest BCUT2D eigenvalue weighted by Gasteiger charge is -2.25. The number of aromatic nitrogens is 1. The zero-order valence-electron chi connectivity index (χ0n) is 18.2. The van der Waals surface area contributed by atoms with Crippen molar-refractivity contribution in [3.8, 4) is 0 Å². The molecule has 3 aromatic rings. The summed E-state index contributed by atoms with van der Waals surface area (Å²) in [6.07, 6.45) is -3.01. The molecule has 2 amide bonds. The van der Waals surface area contributed by atoms with Crippen LogP contribution in [-0.4, -0.2) is 48.0 Å². The highest BCUT2D eigenvalue weighted by molar-refractivity contribution is 7.15. The average Bonchev–Trinajstić information content (AvgIpc) is 3.27. The highest BCUT2D eigenvalue weighted by atomic mass is 35.5. The van der Waals surface area contributed by atoms with Crippen LogP contribution in [0.4, 0.5) is 23.9 Å². The number of thiazole rings is 1. The van der Waals surface area contributed by atoms with Gasteiger partial charge in [-0.3, -0.25) is 14.5 Å². The maximum absolute atomic E-state index is 12.9. The molecule has 0 atom stereocenters. The number of carbonyl (C=O) groups excluding carboxylic acids is 2. The van der Waals surface area contributed by atoms with Gasteiger partial charge in [-0.15, -0.1) is 0 Å². The molecule has 7 nitrogen and oxygen atoms in total. The number of rotatable bonds is 6. The van der Waals surface area contributed by atoms with Crippen molar-refractivity contribution in [1.82, 2.24) is 9.88 Å². The van der Waals surface area contributed by atoms with Gasteiger partial charge in [0.2, 0.25) is 0 Å². The van der Waals surface area contributed by atoms with Crippen molar-refractivity contribution in [3.63, 3.8) is 0 Å². The molecule has 1 aliphatic heterocycles. The molecule has 2 heterocycles. The van der Waals surface area contributed by atoms with E-state index < -0.39 is 23.6 Å². The Morgan fingerprint density at radius 1 is 1.09 bits per heavy atom. The Kier molecular flexibility index (Phi) is 7.70. The summed E-state index contributed by atoms with van der Waals surface area (Å²) in [6.45, 7) is 3.63. The van der Waals surface area contributed by atoms with Gasteiger partial charge in [0, 0.05) is 24.3 Å². The molecule has 1 fully saturated rings. The number of halogens is 4. The SMILES string of the molecule is O=C(Nc1ccc(Cl)c(C(=O)Nc2cnc(CN3CCOCC3)s2)c1)c1cccc(C(F)(F)F)c1. The average molecular weight is 525 g/mol. The summed E-state index contributed by atoms with van der Waals surface area (Å²) in [6, 6.07) is 8.31. The van der Waals surface area contributed by atoms with Gasteiger partial charge >= 0.3 is 6.18 Å². The van der Waals surface area contributed by atoms with E-state index in [0.717, 1.165) is 36.3 Å². The molecule has 0 aliphatic carbocycles. The lowest BCUT2D eigenvalue weighted by molar-refractivity contribution is -0.137. The van der Waals surface area contributed by atoms with Gasteiger partial charge in [0.25, 0.3) is 11.8 Å². The van der Waals surface area contributed by atoms with E-state index in [4.69, 9.17) is 16.3 Å². The van der Waals surface area contributed by atoms with Gasteiger partial charge in [0.15, 0.2) is 0 Å². The van der Waals surface area contributed by atoms with Crippen LogP contribution in [0.5, 0.6) is 0 Å². The number of benzene rings is 2. The first-order valence-corrected chi connectivity index (χ1v) is 11.7. The number of nitrogens with one attached hydrogen (secondary N) is 2. The van der Waals surface area contributed by atoms with E-state index in [1.165, 1.54) is 35.6 Å². The van der Waals surface area contributed by atoms with Crippen LogP contribution >= 0.6 is 22.9 Å². The van der Waals surface area contributed by atoms with Gasteiger partial charge < -0.3 is 15.4 Å². The number of hydrogen-bond acceptors (Lipinski definition) is 6. The molecule has 1 aliphatic rings. The molecule has 12 heteroatoms. The molecule has 1 saturated heterocycles. The fourth-order valence-corrected chi connectivity index (χ4v) is 4.45. The van der Waals surface area contributed by atoms with Crippen molar-refractivity contribution in [1.29, 1.82) is 0 Å². The number of nitrogens with zero attached hydrogens (tertiary/aromatic N) is 2. The normalized spacial score (nSPS) is 14.5. The molecule has 0 unspecified atom stereocenters. The minimum atomic E-state index is -4.57. The zero-order valence-corrected chi connectivity index (χ0v) is 19.8. The minimum absolute atomic E-state index is 0.0941. The van der Waals surface area contributed by atoms with Crippen molar-refractivity contribution < 1.29 is 27.5 Å². The summed E-state index contributed by atoms with van der Waals surface area (Å²) in [5.41, 5.74) is -0.798. The Morgan fingerprint density at radius 3 is 2.60 bits per heavy atom. The predicted molar refractivity (Wildman–Crippen MR) is 127 cm³/mol. The van der Waals surface area contributed by atoms with Crippen LogP contribution in [0.1, 0.15) is 31.3 Å². The Hall–Kier alpha value is -2.99. The smallest absolute Gasteiger partial charge is 0.379 e. The summed E-state index contributed by atoms with van der Waals surface area (Å²) in [7, 11) is 0. The van der Waals surface area contributed by atoms with Gasteiger partial charge in [0.05, 0.1) is 42.1 Å². The van der Waals surface area contributed by atoms with Crippen molar-refractivity contribution in [2.24, 2.45) is 0 Å². The largest absolute Gasteiger partial charge is 0.416 e. The highest BCUT2D eigenvalue weighted by Gasteiger charge is 2.31. The molecule has 2 aromatic carbocycles. The lowest BCUT2D eigenvalue weighted by atomic mass is 10.1. The Balaban J connectivity index is 1.42. The molecule has 1 aromatic heterocycles. The van der Waals surface area contributed by atoms with E-state index in [1.54, 1.807) is 6.20 Å². The van der Waals surface area contributed by atoms with Crippen molar-refractivity contribution >= 4 is 45.4 Å². The number of anilines is 2. The van der Waals surface area contributed by atoms with Crippen molar-refractivity contribution in [2.45, 2.75) is 12.7 Å². The highest BCUT2D eigenvalue weighted by Crippen LogP contribution is 2.30. The van der Waals surface area contributed by atoms with E-state index >= 15 is 0 Å². The molecule has 0 radical (unpaired) electrons. The van der Waals surface area contributed by atoms with Gasteiger partial charge in [-0.2, -0.15) is 13.2 Å². The number of morpholine rings is 1. The number of ether oxygens (including phenoxy) is 1. The van der Waals surface area contributed by atoms with Gasteiger partial charge in [-0.1, -0.05) is 29.0 Å². The fraction of sp³-hybridized carbons (Fsp3) is 0.261. The maximum atomic E-state index is 12.9. The molecule has 4 rings (SSSR count). The van der Waals surface area contributed by atoms with Crippen molar-refractivity contribution in [3.05, 3.63) is 75.4 Å². The standard InChI is InChI=1S/C23H20ClF3N4O3S/c24-18-5-4-16(29-21(32)14-2-1-3-15(10-14)23(25,26)27)11-17(18)22(33)30-19-12-28-20(35-19)13-31-6-8-34-9-7-31/h1-5,10-12H,6-9,13H2,(H,29,32)(H,30,33). The Labute approximate surface area is 207 Å². The molecule has 35 heavy (non-hydrogen) atoms. The monoisotopic (exact) mass is 524 g/mol. The first-order chi connectivity index (χ1) is 16.7. The number of carbonyl (C=O) groups is 2. The third kappa shape index (κ3) is 6.57. The molecular weight excluding hydrogens is 505 g/mol. The summed E-state index contributed by atoms with van der Waals surface area (Å²) >= 11 is 7.53. The first-order valence-electron chi connectivity index (χ1n) is 10.5. The van der Waals surface area contributed by atoms with Crippen molar-refractivity contribution in [2.75, 3.05) is 36.9 Å². The molecule has 0 spiro atoms. The second kappa shape index (κ2) is 10.7.